The normalized spacial score (nSPS) is 11.3. The van der Waals surface area contributed by atoms with Gasteiger partial charge in [-0.05, 0) is 19.9 Å². The third kappa shape index (κ3) is 4.13. The van der Waals surface area contributed by atoms with Gasteiger partial charge < -0.3 is 4.74 Å². The van der Waals surface area contributed by atoms with Crippen LogP contribution in [0, 0.1) is 0 Å². The van der Waals surface area contributed by atoms with Gasteiger partial charge in [-0.1, -0.05) is 6.92 Å². The van der Waals surface area contributed by atoms with Crippen LogP contribution in [-0.2, 0) is 9.53 Å². The van der Waals surface area contributed by atoms with Crippen molar-refractivity contribution in [3.05, 3.63) is 11.8 Å². The first-order valence-electron chi connectivity index (χ1n) is 3.48. The molecule has 0 aromatic heterocycles. The highest BCUT2D eigenvalue weighted by Crippen LogP contribution is 2.01. The average molecular weight is 142 g/mol. The molecule has 2 nitrogen and oxygen atoms in total. The highest BCUT2D eigenvalue weighted by Gasteiger charge is 1.95. The Morgan fingerprint density at radius 3 is 2.50 bits per heavy atom. The zero-order valence-corrected chi connectivity index (χ0v) is 6.81. The minimum atomic E-state index is 0.0628. The second-order valence-electron chi connectivity index (χ2n) is 2.10. The quantitative estimate of drug-likeness (QED) is 0.560. The third-order valence-corrected chi connectivity index (χ3v) is 1.13. The monoisotopic (exact) mass is 142 g/mol. The molecule has 0 amide bonds. The van der Waals surface area contributed by atoms with Crippen molar-refractivity contribution in [1.82, 2.24) is 0 Å². The predicted molar refractivity (Wildman–Crippen MR) is 40.7 cm³/mol. The molecule has 0 saturated heterocycles. The first-order chi connectivity index (χ1) is 4.70. The molecular formula is C8H14O2. The van der Waals surface area contributed by atoms with Crippen LogP contribution in [0.2, 0.25) is 0 Å². The van der Waals surface area contributed by atoms with Crippen LogP contribution in [0.1, 0.15) is 27.2 Å². The molecule has 0 atom stereocenters. The number of carbonyl (C=O) groups is 1. The van der Waals surface area contributed by atoms with Crippen LogP contribution in [-0.4, -0.2) is 12.4 Å². The van der Waals surface area contributed by atoms with Crippen molar-refractivity contribution in [3.8, 4) is 0 Å². The van der Waals surface area contributed by atoms with Crippen molar-refractivity contribution in [2.45, 2.75) is 27.2 Å². The second kappa shape index (κ2) is 5.03. The van der Waals surface area contributed by atoms with Gasteiger partial charge in [0.2, 0.25) is 0 Å². The fourth-order valence-corrected chi connectivity index (χ4v) is 0.584. The van der Waals surface area contributed by atoms with Crippen LogP contribution in [0.4, 0.5) is 0 Å². The molecule has 0 saturated carbocycles. The number of carbonyl (C=O) groups excluding carboxylic acids is 1. The van der Waals surface area contributed by atoms with Gasteiger partial charge in [-0.3, -0.25) is 4.79 Å². The molecule has 2 heteroatoms. The van der Waals surface area contributed by atoms with E-state index in [1.807, 2.05) is 19.9 Å². The Morgan fingerprint density at radius 2 is 2.20 bits per heavy atom. The van der Waals surface area contributed by atoms with Gasteiger partial charge in [0.1, 0.15) is 6.61 Å². The van der Waals surface area contributed by atoms with Crippen molar-refractivity contribution in [3.63, 3.8) is 0 Å². The fourth-order valence-electron chi connectivity index (χ4n) is 0.584. The number of Topliss-reactive ketones (excluding diaryl/α,β-unsaturated/α-hetero) is 1. The van der Waals surface area contributed by atoms with Crippen molar-refractivity contribution >= 4 is 5.78 Å². The molecule has 0 aliphatic carbocycles. The Balaban J connectivity index is 3.56. The maximum atomic E-state index is 10.4. The highest BCUT2D eigenvalue weighted by atomic mass is 16.5. The Hall–Kier alpha value is -0.790. The summed E-state index contributed by atoms with van der Waals surface area (Å²) in [5, 5.41) is 0. The molecule has 0 fully saturated rings. The van der Waals surface area contributed by atoms with E-state index in [9.17, 15) is 4.79 Å². The van der Waals surface area contributed by atoms with Gasteiger partial charge in [-0.25, -0.2) is 0 Å². The van der Waals surface area contributed by atoms with Crippen molar-refractivity contribution < 1.29 is 9.53 Å². The summed E-state index contributed by atoms with van der Waals surface area (Å²) in [5.41, 5.74) is 0. The van der Waals surface area contributed by atoms with E-state index in [4.69, 9.17) is 4.74 Å². The van der Waals surface area contributed by atoms with Crippen LogP contribution >= 0.6 is 0 Å². The Labute approximate surface area is 61.9 Å². The van der Waals surface area contributed by atoms with E-state index in [1.54, 1.807) is 0 Å². The van der Waals surface area contributed by atoms with Crippen molar-refractivity contribution in [1.29, 1.82) is 0 Å². The maximum Gasteiger partial charge on any atom is 0.167 e. The number of ketones is 1. The molecule has 0 radical (unpaired) electrons. The van der Waals surface area contributed by atoms with E-state index >= 15 is 0 Å². The zero-order valence-electron chi connectivity index (χ0n) is 6.81. The lowest BCUT2D eigenvalue weighted by Gasteiger charge is -2.04. The molecule has 0 aliphatic heterocycles. The molecule has 58 valence electrons. The van der Waals surface area contributed by atoms with Crippen LogP contribution < -0.4 is 0 Å². The summed E-state index contributed by atoms with van der Waals surface area (Å²) in [6.45, 7) is 5.62. The summed E-state index contributed by atoms with van der Waals surface area (Å²) in [6, 6.07) is 0. The molecule has 10 heavy (non-hydrogen) atoms. The lowest BCUT2D eigenvalue weighted by Crippen LogP contribution is -2.02. The highest BCUT2D eigenvalue weighted by molar-refractivity contribution is 5.76. The summed E-state index contributed by atoms with van der Waals surface area (Å²) in [7, 11) is 0. The van der Waals surface area contributed by atoms with Gasteiger partial charge in [0.15, 0.2) is 5.78 Å². The third-order valence-electron chi connectivity index (χ3n) is 1.13. The van der Waals surface area contributed by atoms with Crippen LogP contribution in [0.3, 0.4) is 0 Å². The second-order valence-corrected chi connectivity index (χ2v) is 2.10. The molecule has 0 aromatic carbocycles. The Bertz CT molecular complexity index is 136. The first kappa shape index (κ1) is 9.21. The summed E-state index contributed by atoms with van der Waals surface area (Å²) in [5.74, 6) is 0.947. The minimum Gasteiger partial charge on any atom is -0.491 e. The number of allylic oxidation sites excluding steroid dienone is 2. The van der Waals surface area contributed by atoms with Crippen LogP contribution in [0.15, 0.2) is 11.8 Å². The van der Waals surface area contributed by atoms with E-state index < -0.39 is 0 Å². The van der Waals surface area contributed by atoms with E-state index in [0.29, 0.717) is 0 Å². The number of hydrogen-bond donors (Lipinski definition) is 0. The molecule has 0 rings (SSSR count). The standard InChI is InChI=1S/C8H14O2/c1-4-8(5-2)10-6-7(3)9/h4H,5-6H2,1-3H3. The van der Waals surface area contributed by atoms with E-state index in [-0.39, 0.29) is 12.4 Å². The summed E-state index contributed by atoms with van der Waals surface area (Å²) in [6.07, 6.45) is 2.73. The van der Waals surface area contributed by atoms with Gasteiger partial charge in [0, 0.05) is 6.42 Å². The van der Waals surface area contributed by atoms with Gasteiger partial charge in [0.25, 0.3) is 0 Å². The number of rotatable bonds is 4. The van der Waals surface area contributed by atoms with Crippen LogP contribution in [0.25, 0.3) is 0 Å². The molecule has 0 spiro atoms. The van der Waals surface area contributed by atoms with E-state index in [0.717, 1.165) is 12.2 Å². The Kier molecular flexibility index (Phi) is 4.63. The lowest BCUT2D eigenvalue weighted by molar-refractivity contribution is -0.120. The minimum absolute atomic E-state index is 0.0628. The molecule has 0 N–H and O–H groups in total. The fraction of sp³-hybridized carbons (Fsp3) is 0.625. The molecule has 0 heterocycles. The van der Waals surface area contributed by atoms with Gasteiger partial charge in [-0.2, -0.15) is 0 Å². The van der Waals surface area contributed by atoms with Gasteiger partial charge >= 0.3 is 0 Å². The predicted octanol–water partition coefficient (Wildman–Crippen LogP) is 1.91. The molecular weight excluding hydrogens is 128 g/mol. The number of hydrogen-bond acceptors (Lipinski definition) is 2. The summed E-state index contributed by atoms with van der Waals surface area (Å²) >= 11 is 0. The SMILES string of the molecule is CC=C(CC)OCC(C)=O. The molecule has 0 aliphatic rings. The summed E-state index contributed by atoms with van der Waals surface area (Å²) < 4.78 is 5.11. The summed E-state index contributed by atoms with van der Waals surface area (Å²) in [4.78, 5) is 10.4. The van der Waals surface area contributed by atoms with Crippen molar-refractivity contribution in [2.24, 2.45) is 0 Å². The van der Waals surface area contributed by atoms with Crippen molar-refractivity contribution in [2.75, 3.05) is 6.61 Å². The lowest BCUT2D eigenvalue weighted by atomic mass is 10.4. The smallest absolute Gasteiger partial charge is 0.167 e. The van der Waals surface area contributed by atoms with Crippen LogP contribution in [0.5, 0.6) is 0 Å². The average Bonchev–Trinajstić information content (AvgIpc) is 1.90. The topological polar surface area (TPSA) is 26.3 Å². The number of ether oxygens (including phenoxy) is 1. The maximum absolute atomic E-state index is 10.4. The Morgan fingerprint density at radius 1 is 1.60 bits per heavy atom. The van der Waals surface area contributed by atoms with Gasteiger partial charge in [0.05, 0.1) is 5.76 Å². The first-order valence-corrected chi connectivity index (χ1v) is 3.48. The molecule has 0 aromatic rings. The van der Waals surface area contributed by atoms with Gasteiger partial charge in [-0.15, -0.1) is 0 Å². The largest absolute Gasteiger partial charge is 0.491 e. The van der Waals surface area contributed by atoms with E-state index in [1.165, 1.54) is 6.92 Å². The van der Waals surface area contributed by atoms with E-state index in [2.05, 4.69) is 0 Å². The molecule has 0 unspecified atom stereocenters. The molecule has 0 bridgehead atoms. The zero-order chi connectivity index (χ0) is 7.98.